The van der Waals surface area contributed by atoms with Crippen LogP contribution in [0.4, 0.5) is 5.69 Å². The van der Waals surface area contributed by atoms with Gasteiger partial charge in [-0.05, 0) is 12.1 Å². The highest BCUT2D eigenvalue weighted by atomic mass is 16.1. The van der Waals surface area contributed by atoms with Gasteiger partial charge in [-0.15, -0.1) is 0 Å². The molecule has 0 aliphatic heterocycles. The molecular formula is C16H15NO. The minimum atomic E-state index is 0.0220. The number of carbonyl (C=O) groups excluding carboxylic acids is 1. The van der Waals surface area contributed by atoms with Gasteiger partial charge in [0, 0.05) is 23.4 Å². The highest BCUT2D eigenvalue weighted by molar-refractivity contribution is 5.76. The standard InChI is InChI=1S/C16H15NO/c18-13-15(14-8-4-1-2-5-9-14)12-17-16-10-6-3-7-11-16/h1-14,17H/b15-12-. The van der Waals surface area contributed by atoms with E-state index in [1.807, 2.05) is 66.8 Å². The van der Waals surface area contributed by atoms with Gasteiger partial charge in [0.1, 0.15) is 6.29 Å². The average Bonchev–Trinajstić information content (AvgIpc) is 2.70. The van der Waals surface area contributed by atoms with E-state index >= 15 is 0 Å². The van der Waals surface area contributed by atoms with E-state index in [-0.39, 0.29) is 5.92 Å². The van der Waals surface area contributed by atoms with Crippen molar-refractivity contribution in [2.24, 2.45) is 5.92 Å². The number of aldehydes is 1. The Balaban J connectivity index is 2.11. The van der Waals surface area contributed by atoms with Gasteiger partial charge in [0.05, 0.1) is 0 Å². The van der Waals surface area contributed by atoms with Crippen LogP contribution in [0.25, 0.3) is 0 Å². The lowest BCUT2D eigenvalue weighted by atomic mass is 10.0. The van der Waals surface area contributed by atoms with Crippen LogP contribution in [0.1, 0.15) is 0 Å². The molecule has 1 aromatic rings. The molecule has 0 amide bonds. The van der Waals surface area contributed by atoms with Crippen molar-refractivity contribution in [2.45, 2.75) is 0 Å². The first-order valence-corrected chi connectivity index (χ1v) is 5.88. The quantitative estimate of drug-likeness (QED) is 0.641. The summed E-state index contributed by atoms with van der Waals surface area (Å²) < 4.78 is 0. The van der Waals surface area contributed by atoms with Gasteiger partial charge < -0.3 is 5.32 Å². The first kappa shape index (κ1) is 12.1. The average molecular weight is 237 g/mol. The second kappa shape index (κ2) is 6.40. The number of anilines is 1. The van der Waals surface area contributed by atoms with Gasteiger partial charge in [0.15, 0.2) is 0 Å². The van der Waals surface area contributed by atoms with E-state index in [0.29, 0.717) is 5.57 Å². The van der Waals surface area contributed by atoms with Crippen LogP contribution < -0.4 is 5.32 Å². The number of para-hydroxylation sites is 1. The molecule has 0 unspecified atom stereocenters. The summed E-state index contributed by atoms with van der Waals surface area (Å²) in [4.78, 5) is 11.1. The molecular weight excluding hydrogens is 222 g/mol. The van der Waals surface area contributed by atoms with Gasteiger partial charge in [-0.3, -0.25) is 4.79 Å². The number of hydrogen-bond acceptors (Lipinski definition) is 2. The van der Waals surface area contributed by atoms with Crippen LogP contribution >= 0.6 is 0 Å². The van der Waals surface area contributed by atoms with E-state index in [0.717, 1.165) is 12.0 Å². The summed E-state index contributed by atoms with van der Waals surface area (Å²) in [5, 5.41) is 3.13. The highest BCUT2D eigenvalue weighted by Gasteiger charge is 2.07. The number of nitrogens with one attached hydrogen (secondary N) is 1. The fraction of sp³-hybridized carbons (Fsp3) is 0.0625. The second-order valence-electron chi connectivity index (χ2n) is 3.95. The summed E-state index contributed by atoms with van der Waals surface area (Å²) in [5.74, 6) is 0.0220. The van der Waals surface area contributed by atoms with Gasteiger partial charge in [0.25, 0.3) is 0 Å². The fourth-order valence-corrected chi connectivity index (χ4v) is 1.69. The maximum Gasteiger partial charge on any atom is 0.148 e. The molecule has 2 rings (SSSR count). The van der Waals surface area contributed by atoms with Crippen molar-refractivity contribution in [2.75, 3.05) is 5.32 Å². The van der Waals surface area contributed by atoms with Crippen LogP contribution in [-0.4, -0.2) is 6.29 Å². The molecule has 1 aliphatic carbocycles. The third-order valence-electron chi connectivity index (χ3n) is 2.67. The Bertz CT molecular complexity index is 493. The Hall–Kier alpha value is -2.35. The molecule has 2 heteroatoms. The van der Waals surface area contributed by atoms with E-state index in [4.69, 9.17) is 0 Å². The van der Waals surface area contributed by atoms with Crippen molar-refractivity contribution in [1.29, 1.82) is 0 Å². The first-order chi connectivity index (χ1) is 8.90. The van der Waals surface area contributed by atoms with E-state index in [2.05, 4.69) is 5.32 Å². The lowest BCUT2D eigenvalue weighted by Crippen LogP contribution is -2.02. The van der Waals surface area contributed by atoms with Crippen molar-refractivity contribution in [3.05, 3.63) is 78.6 Å². The number of benzene rings is 1. The third-order valence-corrected chi connectivity index (χ3v) is 2.67. The topological polar surface area (TPSA) is 29.1 Å². The molecule has 0 saturated carbocycles. The zero-order valence-electron chi connectivity index (χ0n) is 9.99. The summed E-state index contributed by atoms with van der Waals surface area (Å²) in [5.41, 5.74) is 1.67. The largest absolute Gasteiger partial charge is 0.361 e. The van der Waals surface area contributed by atoms with Crippen LogP contribution in [0.15, 0.2) is 78.6 Å². The monoisotopic (exact) mass is 237 g/mol. The van der Waals surface area contributed by atoms with Crippen molar-refractivity contribution in [1.82, 2.24) is 0 Å². The van der Waals surface area contributed by atoms with E-state index in [9.17, 15) is 4.79 Å². The van der Waals surface area contributed by atoms with E-state index < -0.39 is 0 Å². The van der Waals surface area contributed by atoms with E-state index in [1.54, 1.807) is 6.20 Å². The predicted octanol–water partition coefficient (Wildman–Crippen LogP) is 3.48. The Morgan fingerprint density at radius 2 is 1.67 bits per heavy atom. The molecule has 1 aromatic carbocycles. The SMILES string of the molecule is O=C/C(=C/Nc1ccccc1)C1C=CC=CC=C1. The molecule has 0 heterocycles. The van der Waals surface area contributed by atoms with E-state index in [1.165, 1.54) is 0 Å². The van der Waals surface area contributed by atoms with Gasteiger partial charge >= 0.3 is 0 Å². The van der Waals surface area contributed by atoms with Crippen LogP contribution in [0.3, 0.4) is 0 Å². The number of hydrogen-bond donors (Lipinski definition) is 1. The molecule has 0 atom stereocenters. The summed E-state index contributed by atoms with van der Waals surface area (Å²) in [6, 6.07) is 9.77. The van der Waals surface area contributed by atoms with Crippen molar-refractivity contribution >= 4 is 12.0 Å². The normalized spacial score (nSPS) is 15.4. The van der Waals surface area contributed by atoms with Gasteiger partial charge in [-0.1, -0.05) is 54.7 Å². The van der Waals surface area contributed by atoms with Crippen LogP contribution in [0.2, 0.25) is 0 Å². The first-order valence-electron chi connectivity index (χ1n) is 5.88. The molecule has 0 fully saturated rings. The maximum atomic E-state index is 11.1. The number of rotatable bonds is 4. The second-order valence-corrected chi connectivity index (χ2v) is 3.95. The zero-order chi connectivity index (χ0) is 12.6. The zero-order valence-corrected chi connectivity index (χ0v) is 9.99. The van der Waals surface area contributed by atoms with Gasteiger partial charge in [-0.2, -0.15) is 0 Å². The van der Waals surface area contributed by atoms with Crippen molar-refractivity contribution in [3.63, 3.8) is 0 Å². The molecule has 2 nitrogen and oxygen atoms in total. The molecule has 0 spiro atoms. The van der Waals surface area contributed by atoms with Crippen molar-refractivity contribution in [3.8, 4) is 0 Å². The molecule has 0 radical (unpaired) electrons. The molecule has 90 valence electrons. The number of allylic oxidation sites excluding steroid dienone is 7. The van der Waals surface area contributed by atoms with Crippen LogP contribution in [-0.2, 0) is 4.79 Å². The lowest BCUT2D eigenvalue weighted by molar-refractivity contribution is -0.105. The highest BCUT2D eigenvalue weighted by Crippen LogP contribution is 2.15. The van der Waals surface area contributed by atoms with Crippen LogP contribution in [0, 0.1) is 5.92 Å². The Morgan fingerprint density at radius 3 is 2.28 bits per heavy atom. The molecule has 0 aromatic heterocycles. The summed E-state index contributed by atoms with van der Waals surface area (Å²) in [6.07, 6.45) is 14.4. The van der Waals surface area contributed by atoms with Gasteiger partial charge in [-0.25, -0.2) is 0 Å². The minimum Gasteiger partial charge on any atom is -0.361 e. The molecule has 1 aliphatic rings. The van der Waals surface area contributed by atoms with Gasteiger partial charge in [0.2, 0.25) is 0 Å². The summed E-state index contributed by atoms with van der Waals surface area (Å²) in [7, 11) is 0. The smallest absolute Gasteiger partial charge is 0.148 e. The third kappa shape index (κ3) is 3.32. The summed E-state index contributed by atoms with van der Waals surface area (Å²) in [6.45, 7) is 0. The fourth-order valence-electron chi connectivity index (χ4n) is 1.69. The Labute approximate surface area is 107 Å². The van der Waals surface area contributed by atoms with Crippen LogP contribution in [0.5, 0.6) is 0 Å². The Kier molecular flexibility index (Phi) is 4.31. The maximum absolute atomic E-state index is 11.1. The summed E-state index contributed by atoms with van der Waals surface area (Å²) >= 11 is 0. The molecule has 1 N–H and O–H groups in total. The molecule has 0 bridgehead atoms. The lowest BCUT2D eigenvalue weighted by Gasteiger charge is -2.08. The minimum absolute atomic E-state index is 0.0220. The molecule has 0 saturated heterocycles. The van der Waals surface area contributed by atoms with Crippen molar-refractivity contribution < 1.29 is 4.79 Å². The molecule has 18 heavy (non-hydrogen) atoms. The predicted molar refractivity (Wildman–Crippen MR) is 75.1 cm³/mol. The Morgan fingerprint density at radius 1 is 1.00 bits per heavy atom. The number of carbonyl (C=O) groups is 1.